The first kappa shape index (κ1) is 19.1. The van der Waals surface area contributed by atoms with Gasteiger partial charge in [-0.25, -0.2) is 0 Å². The van der Waals surface area contributed by atoms with E-state index in [1.807, 2.05) is 18.2 Å². The third kappa shape index (κ3) is 3.97. The number of rotatable bonds is 3. The summed E-state index contributed by atoms with van der Waals surface area (Å²) in [5.41, 5.74) is 10.1. The van der Waals surface area contributed by atoms with Crippen molar-refractivity contribution >= 4 is 17.3 Å². The average molecular weight is 396 g/mol. The largest absolute Gasteiger partial charge is 0.416 e. The molecule has 1 aliphatic rings. The Kier molecular flexibility index (Phi) is 4.78. The van der Waals surface area contributed by atoms with E-state index < -0.39 is 11.7 Å². The summed E-state index contributed by atoms with van der Waals surface area (Å²) in [5, 5.41) is 2.89. The smallest absolute Gasteiger partial charge is 0.399 e. The van der Waals surface area contributed by atoms with Crippen LogP contribution in [0.15, 0.2) is 60.7 Å². The molecule has 0 aromatic heterocycles. The first-order valence-electron chi connectivity index (χ1n) is 9.31. The van der Waals surface area contributed by atoms with Gasteiger partial charge in [-0.2, -0.15) is 13.2 Å². The molecule has 0 radical (unpaired) electrons. The fraction of sp³-hybridized carbons (Fsp3) is 0.174. The number of anilines is 2. The van der Waals surface area contributed by atoms with Crippen molar-refractivity contribution in [3.8, 4) is 11.1 Å². The van der Waals surface area contributed by atoms with E-state index in [1.165, 1.54) is 29.3 Å². The van der Waals surface area contributed by atoms with Crippen LogP contribution in [0.4, 0.5) is 24.5 Å². The number of hydrogen-bond donors (Lipinski definition) is 2. The summed E-state index contributed by atoms with van der Waals surface area (Å²) in [5.74, 6) is -0.356. The average Bonchev–Trinajstić information content (AvgIpc) is 3.15. The Morgan fingerprint density at radius 2 is 1.62 bits per heavy atom. The van der Waals surface area contributed by atoms with Gasteiger partial charge in [0.25, 0.3) is 5.91 Å². The van der Waals surface area contributed by atoms with Crippen molar-refractivity contribution in [3.63, 3.8) is 0 Å². The molecule has 1 amide bonds. The van der Waals surface area contributed by atoms with E-state index >= 15 is 0 Å². The quantitative estimate of drug-likeness (QED) is 0.559. The highest BCUT2D eigenvalue weighted by Gasteiger charge is 2.30. The number of nitrogens with one attached hydrogen (secondary N) is 1. The minimum Gasteiger partial charge on any atom is -0.399 e. The fourth-order valence-corrected chi connectivity index (χ4v) is 3.69. The van der Waals surface area contributed by atoms with E-state index in [0.29, 0.717) is 28.1 Å². The van der Waals surface area contributed by atoms with Gasteiger partial charge in [0.15, 0.2) is 0 Å². The van der Waals surface area contributed by atoms with E-state index in [-0.39, 0.29) is 5.91 Å². The lowest BCUT2D eigenvalue weighted by molar-refractivity contribution is -0.137. The maximum absolute atomic E-state index is 12.9. The van der Waals surface area contributed by atoms with Crippen LogP contribution in [0, 0.1) is 0 Å². The predicted octanol–water partition coefficient (Wildman–Crippen LogP) is 5.70. The van der Waals surface area contributed by atoms with Crippen LogP contribution in [0.25, 0.3) is 11.1 Å². The van der Waals surface area contributed by atoms with Gasteiger partial charge in [-0.1, -0.05) is 24.3 Å². The molecule has 4 rings (SSSR count). The molecule has 0 atom stereocenters. The van der Waals surface area contributed by atoms with Gasteiger partial charge in [-0.05, 0) is 77.9 Å². The highest BCUT2D eigenvalue weighted by Crippen LogP contribution is 2.33. The lowest BCUT2D eigenvalue weighted by atomic mass is 9.97. The Bertz CT molecular complexity index is 1070. The zero-order valence-corrected chi connectivity index (χ0v) is 15.5. The molecule has 29 heavy (non-hydrogen) atoms. The van der Waals surface area contributed by atoms with Crippen LogP contribution in [-0.4, -0.2) is 5.91 Å². The molecule has 148 valence electrons. The first-order valence-corrected chi connectivity index (χ1v) is 9.31. The van der Waals surface area contributed by atoms with Gasteiger partial charge in [-0.3, -0.25) is 4.79 Å². The normalized spacial score (nSPS) is 13.2. The number of nitrogen functional groups attached to an aromatic ring is 1. The van der Waals surface area contributed by atoms with Crippen molar-refractivity contribution in [2.75, 3.05) is 11.1 Å². The number of benzene rings is 3. The molecule has 3 aromatic rings. The number of amides is 1. The van der Waals surface area contributed by atoms with Crippen molar-refractivity contribution in [1.82, 2.24) is 0 Å². The molecule has 0 saturated carbocycles. The second-order valence-electron chi connectivity index (χ2n) is 7.17. The summed E-state index contributed by atoms with van der Waals surface area (Å²) in [4.78, 5) is 12.9. The number of aryl methyl sites for hydroxylation is 2. The molecule has 0 bridgehead atoms. The lowest BCUT2D eigenvalue weighted by Gasteiger charge is -2.13. The molecule has 3 aromatic carbocycles. The Balaban J connectivity index is 1.65. The molecular formula is C23H19F3N2O. The highest BCUT2D eigenvalue weighted by atomic mass is 19.4. The maximum atomic E-state index is 12.9. The van der Waals surface area contributed by atoms with Crippen molar-refractivity contribution in [3.05, 3.63) is 82.9 Å². The summed E-state index contributed by atoms with van der Waals surface area (Å²) in [7, 11) is 0. The zero-order chi connectivity index (χ0) is 20.6. The Hall–Kier alpha value is -3.28. The van der Waals surface area contributed by atoms with Gasteiger partial charge in [0.1, 0.15) is 0 Å². The summed E-state index contributed by atoms with van der Waals surface area (Å²) in [6.45, 7) is 0. The monoisotopic (exact) mass is 396 g/mol. The molecule has 0 fully saturated rings. The summed E-state index contributed by atoms with van der Waals surface area (Å²) >= 11 is 0. The zero-order valence-electron chi connectivity index (χ0n) is 15.5. The Morgan fingerprint density at radius 3 is 2.34 bits per heavy atom. The molecule has 0 unspecified atom stereocenters. The second kappa shape index (κ2) is 7.28. The fourth-order valence-electron chi connectivity index (χ4n) is 3.69. The maximum Gasteiger partial charge on any atom is 0.416 e. The van der Waals surface area contributed by atoms with Crippen LogP contribution in [0.3, 0.4) is 0 Å². The molecule has 6 heteroatoms. The van der Waals surface area contributed by atoms with E-state index in [0.717, 1.165) is 31.4 Å². The third-order valence-electron chi connectivity index (χ3n) is 5.17. The van der Waals surface area contributed by atoms with Gasteiger partial charge in [0.2, 0.25) is 0 Å². The van der Waals surface area contributed by atoms with Gasteiger partial charge >= 0.3 is 6.18 Å². The number of nitrogens with two attached hydrogens (primary N) is 1. The standard InChI is InChI=1S/C23H19F3N2O/c24-23(25,26)17-7-4-15(5-8-17)20-11-9-18(27)13-21(20)22(29)28-19-10-6-14-2-1-3-16(14)12-19/h4-13H,1-3,27H2,(H,28,29). The minimum absolute atomic E-state index is 0.310. The second-order valence-corrected chi connectivity index (χ2v) is 7.17. The lowest BCUT2D eigenvalue weighted by Crippen LogP contribution is -2.14. The van der Waals surface area contributed by atoms with Gasteiger partial charge in [0.05, 0.1) is 5.56 Å². The van der Waals surface area contributed by atoms with Gasteiger partial charge in [-0.15, -0.1) is 0 Å². The summed E-state index contributed by atoms with van der Waals surface area (Å²) < 4.78 is 38.5. The van der Waals surface area contributed by atoms with E-state index in [9.17, 15) is 18.0 Å². The van der Waals surface area contributed by atoms with Crippen LogP contribution in [0.1, 0.15) is 33.5 Å². The number of carbonyl (C=O) groups is 1. The number of alkyl halides is 3. The van der Waals surface area contributed by atoms with Crippen molar-refractivity contribution < 1.29 is 18.0 Å². The molecule has 0 spiro atoms. The predicted molar refractivity (Wildman–Crippen MR) is 108 cm³/mol. The van der Waals surface area contributed by atoms with Crippen molar-refractivity contribution in [1.29, 1.82) is 0 Å². The van der Waals surface area contributed by atoms with Crippen LogP contribution in [-0.2, 0) is 19.0 Å². The number of carbonyl (C=O) groups excluding carboxylic acids is 1. The van der Waals surface area contributed by atoms with E-state index in [1.54, 1.807) is 12.1 Å². The number of halogens is 3. The van der Waals surface area contributed by atoms with Gasteiger partial charge in [0, 0.05) is 16.9 Å². The van der Waals surface area contributed by atoms with Crippen molar-refractivity contribution in [2.45, 2.75) is 25.4 Å². The molecule has 0 heterocycles. The number of hydrogen-bond acceptors (Lipinski definition) is 2. The van der Waals surface area contributed by atoms with Crippen LogP contribution >= 0.6 is 0 Å². The topological polar surface area (TPSA) is 55.1 Å². The van der Waals surface area contributed by atoms with Gasteiger partial charge < -0.3 is 11.1 Å². The van der Waals surface area contributed by atoms with E-state index in [4.69, 9.17) is 5.73 Å². The van der Waals surface area contributed by atoms with Crippen LogP contribution < -0.4 is 11.1 Å². The van der Waals surface area contributed by atoms with Crippen LogP contribution in [0.5, 0.6) is 0 Å². The van der Waals surface area contributed by atoms with Crippen molar-refractivity contribution in [2.24, 2.45) is 0 Å². The molecule has 3 nitrogen and oxygen atoms in total. The minimum atomic E-state index is -4.41. The SMILES string of the molecule is Nc1ccc(-c2ccc(C(F)(F)F)cc2)c(C(=O)Nc2ccc3c(c2)CCC3)c1. The summed E-state index contributed by atoms with van der Waals surface area (Å²) in [6.07, 6.45) is -1.25. The molecule has 1 aliphatic carbocycles. The first-order chi connectivity index (χ1) is 13.8. The molecule has 0 saturated heterocycles. The highest BCUT2D eigenvalue weighted by molar-refractivity contribution is 6.09. The Morgan fingerprint density at radius 1 is 0.897 bits per heavy atom. The summed E-state index contributed by atoms with van der Waals surface area (Å²) in [6, 6.07) is 15.4. The number of fused-ring (bicyclic) bond motifs is 1. The van der Waals surface area contributed by atoms with Crippen LogP contribution in [0.2, 0.25) is 0 Å². The molecule has 0 aliphatic heterocycles. The Labute approximate surface area is 166 Å². The third-order valence-corrected chi connectivity index (χ3v) is 5.17. The molecule has 3 N–H and O–H groups in total. The molecular weight excluding hydrogens is 377 g/mol. The van der Waals surface area contributed by atoms with E-state index in [2.05, 4.69) is 5.32 Å².